The number of hydrogen-bond acceptors (Lipinski definition) is 6. The molecule has 0 aliphatic carbocycles. The maximum atomic E-state index is 5.89. The lowest BCUT2D eigenvalue weighted by Crippen LogP contribution is -2.07. The van der Waals surface area contributed by atoms with E-state index in [2.05, 4.69) is 0 Å². The lowest BCUT2D eigenvalue weighted by Gasteiger charge is -2.14. The summed E-state index contributed by atoms with van der Waals surface area (Å²) in [6, 6.07) is 3.42. The summed E-state index contributed by atoms with van der Waals surface area (Å²) in [5.74, 6) is 1.60. The Morgan fingerprint density at radius 1 is 1.33 bits per heavy atom. The second-order valence-electron chi connectivity index (χ2n) is 3.86. The first-order chi connectivity index (χ1) is 8.74. The summed E-state index contributed by atoms with van der Waals surface area (Å²) in [6.07, 6.45) is 0.196. The average molecular weight is 255 g/mol. The predicted octanol–water partition coefficient (Wildman–Crippen LogP) is 1.04. The van der Waals surface area contributed by atoms with E-state index in [0.717, 1.165) is 6.61 Å². The summed E-state index contributed by atoms with van der Waals surface area (Å²) < 4.78 is 26.0. The first kappa shape index (κ1) is 12.8. The van der Waals surface area contributed by atoms with Crippen molar-refractivity contribution in [2.45, 2.75) is 6.10 Å². The van der Waals surface area contributed by atoms with E-state index in [4.69, 9.17) is 29.4 Å². The van der Waals surface area contributed by atoms with Crippen LogP contribution >= 0.6 is 0 Å². The highest BCUT2D eigenvalue weighted by molar-refractivity contribution is 5.63. The van der Waals surface area contributed by atoms with Gasteiger partial charge in [-0.3, -0.25) is 0 Å². The van der Waals surface area contributed by atoms with Crippen molar-refractivity contribution in [2.75, 3.05) is 40.0 Å². The Hall–Kier alpha value is -1.66. The molecule has 1 fully saturated rings. The van der Waals surface area contributed by atoms with Gasteiger partial charge in [0.05, 0.1) is 19.4 Å². The van der Waals surface area contributed by atoms with Crippen molar-refractivity contribution in [2.24, 2.45) is 0 Å². The van der Waals surface area contributed by atoms with Crippen molar-refractivity contribution in [3.8, 4) is 17.2 Å². The number of nitrogens with two attached hydrogens (primary N) is 1. The van der Waals surface area contributed by atoms with Gasteiger partial charge in [0.2, 0.25) is 0 Å². The fourth-order valence-corrected chi connectivity index (χ4v) is 1.46. The van der Waals surface area contributed by atoms with Crippen LogP contribution < -0.4 is 19.9 Å². The minimum atomic E-state index is 0.108. The second-order valence-corrected chi connectivity index (χ2v) is 3.86. The Morgan fingerprint density at radius 2 is 2.11 bits per heavy atom. The Morgan fingerprint density at radius 3 is 2.72 bits per heavy atom. The number of hydrogen-bond donors (Lipinski definition) is 1. The first-order valence-corrected chi connectivity index (χ1v) is 5.58. The van der Waals surface area contributed by atoms with Gasteiger partial charge in [0.15, 0.2) is 18.3 Å². The molecule has 0 amide bonds. The normalized spacial score (nSPS) is 17.3. The molecule has 1 atom stereocenters. The molecule has 6 nitrogen and oxygen atoms in total. The number of epoxide rings is 1. The Balaban J connectivity index is 2.09. The van der Waals surface area contributed by atoms with E-state index in [1.807, 2.05) is 0 Å². The van der Waals surface area contributed by atoms with Crippen LogP contribution in [-0.4, -0.2) is 40.3 Å². The topological polar surface area (TPSA) is 75.5 Å². The van der Waals surface area contributed by atoms with Crippen LogP contribution in [-0.2, 0) is 9.47 Å². The lowest BCUT2D eigenvalue weighted by atomic mass is 10.2. The Kier molecular flexibility index (Phi) is 4.11. The van der Waals surface area contributed by atoms with Crippen LogP contribution in [0, 0.1) is 0 Å². The van der Waals surface area contributed by atoms with Crippen LogP contribution in [0.1, 0.15) is 0 Å². The molecule has 0 aromatic heterocycles. The third-order valence-corrected chi connectivity index (χ3v) is 2.44. The molecule has 0 bridgehead atoms. The molecule has 1 aromatic carbocycles. The first-order valence-electron chi connectivity index (χ1n) is 5.58. The van der Waals surface area contributed by atoms with Crippen LogP contribution in [0.3, 0.4) is 0 Å². The van der Waals surface area contributed by atoms with Crippen molar-refractivity contribution < 1.29 is 23.7 Å². The fraction of sp³-hybridized carbons (Fsp3) is 0.500. The molecule has 100 valence electrons. The number of benzene rings is 1. The molecular formula is C12H17NO5. The zero-order valence-corrected chi connectivity index (χ0v) is 10.5. The van der Waals surface area contributed by atoms with Gasteiger partial charge in [-0.2, -0.15) is 0 Å². The largest absolute Gasteiger partial charge is 0.493 e. The second kappa shape index (κ2) is 5.79. The molecule has 6 heteroatoms. The minimum Gasteiger partial charge on any atom is -0.493 e. The number of ether oxygens (including phenoxy) is 5. The van der Waals surface area contributed by atoms with E-state index in [1.165, 1.54) is 7.11 Å². The number of rotatable bonds is 7. The summed E-state index contributed by atoms with van der Waals surface area (Å²) in [7, 11) is 3.08. The fourth-order valence-electron chi connectivity index (χ4n) is 1.46. The quantitative estimate of drug-likeness (QED) is 0.445. The van der Waals surface area contributed by atoms with E-state index in [0.29, 0.717) is 29.5 Å². The molecule has 1 heterocycles. The maximum absolute atomic E-state index is 5.89. The summed E-state index contributed by atoms with van der Waals surface area (Å²) in [4.78, 5) is 0. The van der Waals surface area contributed by atoms with E-state index >= 15 is 0 Å². The highest BCUT2D eigenvalue weighted by Crippen LogP contribution is 2.37. The average Bonchev–Trinajstić information content (AvgIpc) is 3.18. The van der Waals surface area contributed by atoms with Crippen LogP contribution in [0.2, 0.25) is 0 Å². The summed E-state index contributed by atoms with van der Waals surface area (Å²) >= 11 is 0. The minimum absolute atomic E-state index is 0.108. The highest BCUT2D eigenvalue weighted by atomic mass is 16.7. The third kappa shape index (κ3) is 3.18. The van der Waals surface area contributed by atoms with Crippen LogP contribution in [0.5, 0.6) is 17.2 Å². The summed E-state index contributed by atoms with van der Waals surface area (Å²) in [5.41, 5.74) is 6.33. The highest BCUT2D eigenvalue weighted by Gasteiger charge is 2.23. The molecule has 1 unspecified atom stereocenters. The third-order valence-electron chi connectivity index (χ3n) is 2.44. The van der Waals surface area contributed by atoms with Gasteiger partial charge < -0.3 is 29.4 Å². The van der Waals surface area contributed by atoms with Crippen LogP contribution in [0.25, 0.3) is 0 Å². The molecule has 2 rings (SSSR count). The monoisotopic (exact) mass is 255 g/mol. The van der Waals surface area contributed by atoms with Gasteiger partial charge in [0, 0.05) is 19.2 Å². The predicted molar refractivity (Wildman–Crippen MR) is 65.1 cm³/mol. The number of methoxy groups -OCH3 is 2. The van der Waals surface area contributed by atoms with Crippen molar-refractivity contribution in [1.82, 2.24) is 0 Å². The molecular weight excluding hydrogens is 238 g/mol. The van der Waals surface area contributed by atoms with Gasteiger partial charge in [-0.05, 0) is 0 Å². The SMILES string of the molecule is COCOc1c(N)cc(OCC2CO2)cc1OC. The zero-order valence-electron chi connectivity index (χ0n) is 10.5. The number of anilines is 1. The van der Waals surface area contributed by atoms with E-state index < -0.39 is 0 Å². The molecule has 1 saturated heterocycles. The Bertz CT molecular complexity index is 406. The summed E-state index contributed by atoms with van der Waals surface area (Å²) in [6.45, 7) is 1.37. The molecule has 0 saturated carbocycles. The van der Waals surface area contributed by atoms with Crippen LogP contribution in [0.4, 0.5) is 5.69 Å². The smallest absolute Gasteiger partial charge is 0.189 e. The van der Waals surface area contributed by atoms with E-state index in [9.17, 15) is 0 Å². The van der Waals surface area contributed by atoms with Crippen molar-refractivity contribution in [3.05, 3.63) is 12.1 Å². The molecule has 1 aliphatic rings. The van der Waals surface area contributed by atoms with E-state index in [1.54, 1.807) is 19.2 Å². The molecule has 0 spiro atoms. The zero-order chi connectivity index (χ0) is 13.0. The van der Waals surface area contributed by atoms with Crippen molar-refractivity contribution in [1.29, 1.82) is 0 Å². The maximum Gasteiger partial charge on any atom is 0.189 e. The van der Waals surface area contributed by atoms with Gasteiger partial charge in [-0.15, -0.1) is 0 Å². The van der Waals surface area contributed by atoms with Gasteiger partial charge in [0.1, 0.15) is 18.5 Å². The molecule has 2 N–H and O–H groups in total. The van der Waals surface area contributed by atoms with E-state index in [-0.39, 0.29) is 12.9 Å². The molecule has 0 radical (unpaired) electrons. The molecule has 18 heavy (non-hydrogen) atoms. The van der Waals surface area contributed by atoms with Crippen LogP contribution in [0.15, 0.2) is 12.1 Å². The summed E-state index contributed by atoms with van der Waals surface area (Å²) in [5, 5.41) is 0. The molecule has 1 aliphatic heterocycles. The van der Waals surface area contributed by atoms with Crippen molar-refractivity contribution >= 4 is 5.69 Å². The van der Waals surface area contributed by atoms with Gasteiger partial charge in [-0.25, -0.2) is 0 Å². The van der Waals surface area contributed by atoms with Gasteiger partial charge in [-0.1, -0.05) is 0 Å². The van der Waals surface area contributed by atoms with Gasteiger partial charge >= 0.3 is 0 Å². The van der Waals surface area contributed by atoms with Crippen molar-refractivity contribution in [3.63, 3.8) is 0 Å². The lowest BCUT2D eigenvalue weighted by molar-refractivity contribution is 0.0496. The number of nitrogen functional groups attached to an aromatic ring is 1. The standard InChI is InChI=1S/C12H17NO5/c1-14-7-18-12-10(13)3-8(4-11(12)15-2)16-5-9-6-17-9/h3-4,9H,5-7,13H2,1-2H3. The van der Waals surface area contributed by atoms with Gasteiger partial charge in [0.25, 0.3) is 0 Å². The Labute approximate surface area is 106 Å². The molecule has 1 aromatic rings.